The highest BCUT2D eigenvalue weighted by Gasteiger charge is 2.42. The van der Waals surface area contributed by atoms with Gasteiger partial charge in [0.2, 0.25) is 0 Å². The molecule has 0 spiro atoms. The molecule has 0 saturated carbocycles. The van der Waals surface area contributed by atoms with Crippen LogP contribution in [-0.2, 0) is 4.79 Å². The second-order valence-electron chi connectivity index (χ2n) is 6.09. The van der Waals surface area contributed by atoms with Crippen LogP contribution in [0.3, 0.4) is 0 Å². The van der Waals surface area contributed by atoms with E-state index in [9.17, 15) is 14.7 Å². The third-order valence-corrected chi connectivity index (χ3v) is 4.61. The minimum atomic E-state index is -0.789. The molecule has 1 aliphatic heterocycles. The average molecular weight is 289 g/mol. The highest BCUT2D eigenvalue weighted by molar-refractivity contribution is 5.96. The highest BCUT2D eigenvalue weighted by atomic mass is 16.4. The number of aliphatic carboxylic acids is 1. The Kier molecular flexibility index (Phi) is 4.35. The molecule has 1 atom stereocenters. The lowest BCUT2D eigenvalue weighted by molar-refractivity contribution is -0.152. The van der Waals surface area contributed by atoms with Crippen LogP contribution in [0.2, 0.25) is 0 Å². The Morgan fingerprint density at radius 1 is 1.33 bits per heavy atom. The first kappa shape index (κ1) is 15.5. The fraction of sp³-hybridized carbons (Fsp3) is 0.529. The van der Waals surface area contributed by atoms with Crippen molar-refractivity contribution in [3.05, 3.63) is 34.9 Å². The van der Waals surface area contributed by atoms with E-state index in [1.807, 2.05) is 39.0 Å². The molecule has 4 nitrogen and oxygen atoms in total. The first-order valence-corrected chi connectivity index (χ1v) is 7.49. The number of aryl methyl sites for hydroxylation is 2. The normalized spacial score (nSPS) is 22.1. The number of piperidine rings is 1. The Morgan fingerprint density at radius 2 is 2.05 bits per heavy atom. The molecule has 114 valence electrons. The van der Waals surface area contributed by atoms with Gasteiger partial charge in [0.05, 0.1) is 5.41 Å². The van der Waals surface area contributed by atoms with Crippen LogP contribution in [-0.4, -0.2) is 35.0 Å². The van der Waals surface area contributed by atoms with Gasteiger partial charge in [0, 0.05) is 18.7 Å². The Balaban J connectivity index is 2.25. The molecular weight excluding hydrogens is 266 g/mol. The summed E-state index contributed by atoms with van der Waals surface area (Å²) in [4.78, 5) is 26.0. The Labute approximate surface area is 125 Å². The van der Waals surface area contributed by atoms with Crippen molar-refractivity contribution in [3.63, 3.8) is 0 Å². The number of hydrogen-bond donors (Lipinski definition) is 1. The van der Waals surface area contributed by atoms with Crippen LogP contribution in [0.1, 0.15) is 47.7 Å². The number of carbonyl (C=O) groups excluding carboxylic acids is 1. The van der Waals surface area contributed by atoms with Gasteiger partial charge in [-0.15, -0.1) is 0 Å². The van der Waals surface area contributed by atoms with Crippen LogP contribution in [0.25, 0.3) is 0 Å². The summed E-state index contributed by atoms with van der Waals surface area (Å²) in [5, 5.41) is 9.51. The summed E-state index contributed by atoms with van der Waals surface area (Å²) in [5.74, 6) is -0.839. The van der Waals surface area contributed by atoms with Gasteiger partial charge in [-0.2, -0.15) is 0 Å². The van der Waals surface area contributed by atoms with Crippen LogP contribution in [0.15, 0.2) is 18.2 Å². The molecule has 1 heterocycles. The molecule has 0 bridgehead atoms. The molecule has 0 aliphatic carbocycles. The third kappa shape index (κ3) is 2.94. The summed E-state index contributed by atoms with van der Waals surface area (Å²) < 4.78 is 0. The number of rotatable bonds is 3. The van der Waals surface area contributed by atoms with Crippen molar-refractivity contribution in [1.29, 1.82) is 0 Å². The lowest BCUT2D eigenvalue weighted by Crippen LogP contribution is -2.49. The SMILES string of the molecule is CCC1(C(=O)O)CCCN(C(=O)c2ccc(C)cc2C)C1. The second-order valence-corrected chi connectivity index (χ2v) is 6.09. The standard InChI is InChI=1S/C17H23NO3/c1-4-17(16(20)21)8-5-9-18(11-17)15(19)14-7-6-12(2)10-13(14)3/h6-7,10H,4-5,8-9,11H2,1-3H3,(H,20,21). The van der Waals surface area contributed by atoms with Crippen molar-refractivity contribution in [2.45, 2.75) is 40.0 Å². The van der Waals surface area contributed by atoms with Crippen LogP contribution in [0.4, 0.5) is 0 Å². The molecule has 21 heavy (non-hydrogen) atoms. The fourth-order valence-electron chi connectivity index (χ4n) is 3.14. The highest BCUT2D eigenvalue weighted by Crippen LogP contribution is 2.34. The monoisotopic (exact) mass is 289 g/mol. The van der Waals surface area contributed by atoms with Gasteiger partial charge in [-0.3, -0.25) is 9.59 Å². The zero-order chi connectivity index (χ0) is 15.6. The lowest BCUT2D eigenvalue weighted by Gasteiger charge is -2.39. The molecule has 0 radical (unpaired) electrons. The van der Waals surface area contributed by atoms with Crippen molar-refractivity contribution >= 4 is 11.9 Å². The summed E-state index contributed by atoms with van der Waals surface area (Å²) in [5.41, 5.74) is 1.96. The minimum Gasteiger partial charge on any atom is -0.481 e. The number of likely N-dealkylation sites (tertiary alicyclic amines) is 1. The van der Waals surface area contributed by atoms with Crippen LogP contribution in [0.5, 0.6) is 0 Å². The van der Waals surface area contributed by atoms with Crippen molar-refractivity contribution < 1.29 is 14.7 Å². The fourth-order valence-corrected chi connectivity index (χ4v) is 3.14. The molecular formula is C17H23NO3. The molecule has 1 unspecified atom stereocenters. The summed E-state index contributed by atoms with van der Waals surface area (Å²) in [6.07, 6.45) is 1.95. The second kappa shape index (κ2) is 5.88. The maximum absolute atomic E-state index is 12.7. The quantitative estimate of drug-likeness (QED) is 0.930. The number of benzene rings is 1. The number of nitrogens with zero attached hydrogens (tertiary/aromatic N) is 1. The summed E-state index contributed by atoms with van der Waals surface area (Å²) >= 11 is 0. The number of hydrogen-bond acceptors (Lipinski definition) is 2. The minimum absolute atomic E-state index is 0.0497. The van der Waals surface area contributed by atoms with E-state index >= 15 is 0 Å². The topological polar surface area (TPSA) is 57.6 Å². The lowest BCUT2D eigenvalue weighted by atomic mass is 9.77. The first-order valence-electron chi connectivity index (χ1n) is 7.49. The maximum atomic E-state index is 12.7. The van der Waals surface area contributed by atoms with E-state index in [-0.39, 0.29) is 5.91 Å². The molecule has 1 aromatic rings. The zero-order valence-electron chi connectivity index (χ0n) is 13.0. The largest absolute Gasteiger partial charge is 0.481 e. The van der Waals surface area contributed by atoms with Gasteiger partial charge in [-0.05, 0) is 44.7 Å². The molecule has 1 aromatic carbocycles. The Bertz CT molecular complexity index is 567. The number of carboxylic acid groups (broad SMARTS) is 1. The number of carbonyl (C=O) groups is 2. The van der Waals surface area contributed by atoms with Gasteiger partial charge in [0.1, 0.15) is 0 Å². The van der Waals surface area contributed by atoms with E-state index in [0.717, 1.165) is 17.5 Å². The molecule has 1 amide bonds. The van der Waals surface area contributed by atoms with Gasteiger partial charge >= 0.3 is 5.97 Å². The van der Waals surface area contributed by atoms with E-state index in [1.165, 1.54) is 0 Å². The van der Waals surface area contributed by atoms with Crippen LogP contribution < -0.4 is 0 Å². The third-order valence-electron chi connectivity index (χ3n) is 4.61. The molecule has 1 aliphatic rings. The van der Waals surface area contributed by atoms with Gasteiger partial charge in [-0.1, -0.05) is 24.6 Å². The number of carboxylic acids is 1. The van der Waals surface area contributed by atoms with Crippen LogP contribution >= 0.6 is 0 Å². The van der Waals surface area contributed by atoms with E-state index in [1.54, 1.807) is 4.90 Å². The number of amides is 1. The van der Waals surface area contributed by atoms with Crippen molar-refractivity contribution in [3.8, 4) is 0 Å². The van der Waals surface area contributed by atoms with E-state index in [2.05, 4.69) is 0 Å². The van der Waals surface area contributed by atoms with E-state index in [4.69, 9.17) is 0 Å². The van der Waals surface area contributed by atoms with Gasteiger partial charge in [-0.25, -0.2) is 0 Å². The summed E-state index contributed by atoms with van der Waals surface area (Å²) in [7, 11) is 0. The molecule has 2 rings (SSSR count). The molecule has 0 aromatic heterocycles. The van der Waals surface area contributed by atoms with Gasteiger partial charge in [0.25, 0.3) is 5.91 Å². The molecule has 1 N–H and O–H groups in total. The maximum Gasteiger partial charge on any atom is 0.311 e. The molecule has 4 heteroatoms. The molecule has 1 saturated heterocycles. The van der Waals surface area contributed by atoms with Crippen molar-refractivity contribution in [2.24, 2.45) is 5.41 Å². The smallest absolute Gasteiger partial charge is 0.311 e. The predicted molar refractivity (Wildman–Crippen MR) is 81.4 cm³/mol. The average Bonchev–Trinajstić information content (AvgIpc) is 2.46. The zero-order valence-corrected chi connectivity index (χ0v) is 13.0. The van der Waals surface area contributed by atoms with Gasteiger partial charge in [0.15, 0.2) is 0 Å². The van der Waals surface area contributed by atoms with Crippen LogP contribution in [0, 0.1) is 19.3 Å². The predicted octanol–water partition coefficient (Wildman–Crippen LogP) is 3.02. The summed E-state index contributed by atoms with van der Waals surface area (Å²) in [6, 6.07) is 5.76. The van der Waals surface area contributed by atoms with E-state index < -0.39 is 11.4 Å². The van der Waals surface area contributed by atoms with E-state index in [0.29, 0.717) is 31.5 Å². The Morgan fingerprint density at radius 3 is 2.62 bits per heavy atom. The van der Waals surface area contributed by atoms with Gasteiger partial charge < -0.3 is 10.0 Å². The summed E-state index contributed by atoms with van der Waals surface area (Å²) in [6.45, 7) is 6.76. The van der Waals surface area contributed by atoms with Crippen molar-refractivity contribution in [1.82, 2.24) is 4.90 Å². The first-order chi connectivity index (χ1) is 9.89. The Hall–Kier alpha value is -1.84. The van der Waals surface area contributed by atoms with Crippen molar-refractivity contribution in [2.75, 3.05) is 13.1 Å². The molecule has 1 fully saturated rings.